The molecule has 0 bridgehead atoms. The van der Waals surface area contributed by atoms with Crippen LogP contribution in [0.5, 0.6) is 0 Å². The molecule has 1 aliphatic heterocycles. The number of aromatic nitrogens is 2. The highest BCUT2D eigenvalue weighted by Gasteiger charge is 2.23. The number of aryl methyl sites for hydroxylation is 2. The summed E-state index contributed by atoms with van der Waals surface area (Å²) in [6.45, 7) is 5.99. The van der Waals surface area contributed by atoms with E-state index in [-0.39, 0.29) is 5.91 Å². The van der Waals surface area contributed by atoms with Crippen LogP contribution in [0.25, 0.3) is 10.2 Å². The highest BCUT2D eigenvalue weighted by atomic mass is 79.9. The molecule has 1 aliphatic rings. The molecule has 8 heteroatoms. The zero-order valence-electron chi connectivity index (χ0n) is 15.1. The SMILES string of the molecule is Cc1sc2nc(CSc3ccc(Br)cc3)nc(N3CCNC(=O)C3)c2c1C. The highest BCUT2D eigenvalue weighted by Crippen LogP contribution is 2.36. The van der Waals surface area contributed by atoms with E-state index < -0.39 is 0 Å². The van der Waals surface area contributed by atoms with Gasteiger partial charge in [0.05, 0.1) is 17.7 Å². The molecule has 0 spiro atoms. The van der Waals surface area contributed by atoms with E-state index >= 15 is 0 Å². The van der Waals surface area contributed by atoms with Gasteiger partial charge in [0.15, 0.2) is 0 Å². The third-order valence-electron chi connectivity index (χ3n) is 4.58. The molecule has 0 radical (unpaired) electrons. The van der Waals surface area contributed by atoms with Crippen molar-refractivity contribution in [2.24, 2.45) is 0 Å². The van der Waals surface area contributed by atoms with Crippen LogP contribution in [0.15, 0.2) is 33.6 Å². The number of nitrogens with one attached hydrogen (secondary N) is 1. The van der Waals surface area contributed by atoms with Gasteiger partial charge >= 0.3 is 0 Å². The van der Waals surface area contributed by atoms with Crippen molar-refractivity contribution in [3.63, 3.8) is 0 Å². The fraction of sp³-hybridized carbons (Fsp3) is 0.316. The average molecular weight is 463 g/mol. The van der Waals surface area contributed by atoms with Crippen molar-refractivity contribution in [3.8, 4) is 0 Å². The Hall–Kier alpha value is -1.64. The van der Waals surface area contributed by atoms with Crippen LogP contribution in [0, 0.1) is 13.8 Å². The van der Waals surface area contributed by atoms with Gasteiger partial charge in [-0.25, -0.2) is 9.97 Å². The van der Waals surface area contributed by atoms with E-state index in [4.69, 9.17) is 9.97 Å². The Bertz CT molecular complexity index is 1000. The lowest BCUT2D eigenvalue weighted by molar-refractivity contribution is -0.120. The van der Waals surface area contributed by atoms with Crippen LogP contribution < -0.4 is 10.2 Å². The summed E-state index contributed by atoms with van der Waals surface area (Å²) in [5.74, 6) is 2.44. The van der Waals surface area contributed by atoms with Crippen LogP contribution in [-0.4, -0.2) is 35.5 Å². The Balaban J connectivity index is 1.69. The van der Waals surface area contributed by atoms with Gasteiger partial charge in [-0.3, -0.25) is 4.79 Å². The molecule has 3 aromatic rings. The van der Waals surface area contributed by atoms with Gasteiger partial charge in [-0.05, 0) is 43.7 Å². The molecule has 1 saturated heterocycles. The van der Waals surface area contributed by atoms with E-state index in [2.05, 4.69) is 52.1 Å². The number of halogens is 1. The van der Waals surface area contributed by atoms with E-state index in [1.54, 1.807) is 23.1 Å². The predicted octanol–water partition coefficient (Wildman–Crippen LogP) is 4.30. The quantitative estimate of drug-likeness (QED) is 0.585. The van der Waals surface area contributed by atoms with Crippen molar-refractivity contribution in [2.75, 3.05) is 24.5 Å². The largest absolute Gasteiger partial charge is 0.353 e. The Morgan fingerprint density at radius 3 is 2.78 bits per heavy atom. The molecule has 140 valence electrons. The molecule has 0 atom stereocenters. The number of carbonyl (C=O) groups is 1. The summed E-state index contributed by atoms with van der Waals surface area (Å²) in [5, 5.41) is 3.97. The molecule has 1 aromatic carbocycles. The fourth-order valence-corrected chi connectivity index (χ4v) is 5.12. The van der Waals surface area contributed by atoms with Crippen LogP contribution in [0.3, 0.4) is 0 Å². The van der Waals surface area contributed by atoms with Crippen LogP contribution >= 0.6 is 39.0 Å². The summed E-state index contributed by atoms with van der Waals surface area (Å²) in [6.07, 6.45) is 0. The topological polar surface area (TPSA) is 58.1 Å². The van der Waals surface area contributed by atoms with Gasteiger partial charge in [0, 0.05) is 27.3 Å². The summed E-state index contributed by atoms with van der Waals surface area (Å²) in [5.41, 5.74) is 1.21. The summed E-state index contributed by atoms with van der Waals surface area (Å²) in [4.78, 5) is 27.1. The third kappa shape index (κ3) is 3.97. The molecule has 27 heavy (non-hydrogen) atoms. The van der Waals surface area contributed by atoms with Crippen molar-refractivity contribution in [1.29, 1.82) is 0 Å². The Morgan fingerprint density at radius 1 is 1.26 bits per heavy atom. The lowest BCUT2D eigenvalue weighted by atomic mass is 10.2. The summed E-state index contributed by atoms with van der Waals surface area (Å²) in [6, 6.07) is 8.25. The number of piperazine rings is 1. The number of amides is 1. The number of carbonyl (C=O) groups excluding carboxylic acids is 1. The molecule has 0 unspecified atom stereocenters. The van der Waals surface area contributed by atoms with E-state index in [0.29, 0.717) is 18.8 Å². The number of nitrogens with zero attached hydrogens (tertiary/aromatic N) is 3. The van der Waals surface area contributed by atoms with Crippen LogP contribution in [0.4, 0.5) is 5.82 Å². The molecular weight excluding hydrogens is 444 g/mol. The first kappa shape index (κ1) is 18.7. The molecule has 1 fully saturated rings. The van der Waals surface area contributed by atoms with Gasteiger partial charge < -0.3 is 10.2 Å². The standard InChI is InChI=1S/C19H19BrN4OS2/c1-11-12(2)27-19-17(11)18(24-8-7-21-16(25)9-24)22-15(23-19)10-26-14-5-3-13(20)4-6-14/h3-6H,7-10H2,1-2H3,(H,21,25). The minimum atomic E-state index is 0.0448. The van der Waals surface area contributed by atoms with E-state index in [1.165, 1.54) is 15.3 Å². The predicted molar refractivity (Wildman–Crippen MR) is 116 cm³/mol. The van der Waals surface area contributed by atoms with E-state index in [1.807, 2.05) is 12.1 Å². The number of hydrogen-bond acceptors (Lipinski definition) is 6. The fourth-order valence-electron chi connectivity index (χ4n) is 3.06. The molecule has 2 aromatic heterocycles. The number of fused-ring (bicyclic) bond motifs is 1. The minimum absolute atomic E-state index is 0.0448. The monoisotopic (exact) mass is 462 g/mol. The Morgan fingerprint density at radius 2 is 2.04 bits per heavy atom. The van der Waals surface area contributed by atoms with Crippen molar-refractivity contribution < 1.29 is 4.79 Å². The Kier molecular flexibility index (Phi) is 5.39. The lowest BCUT2D eigenvalue weighted by Gasteiger charge is -2.28. The van der Waals surface area contributed by atoms with Crippen molar-refractivity contribution >= 4 is 61.0 Å². The first-order chi connectivity index (χ1) is 13.0. The second kappa shape index (κ2) is 7.77. The Labute approximate surface area is 174 Å². The van der Waals surface area contributed by atoms with Gasteiger partial charge in [0.1, 0.15) is 16.5 Å². The van der Waals surface area contributed by atoms with Gasteiger partial charge in [-0.15, -0.1) is 23.1 Å². The number of benzene rings is 1. The molecule has 0 saturated carbocycles. The average Bonchev–Trinajstić information content (AvgIpc) is 2.94. The van der Waals surface area contributed by atoms with E-state index in [9.17, 15) is 4.79 Å². The highest BCUT2D eigenvalue weighted by molar-refractivity contribution is 9.10. The van der Waals surface area contributed by atoms with Crippen molar-refractivity contribution in [3.05, 3.63) is 45.0 Å². The van der Waals surface area contributed by atoms with E-state index in [0.717, 1.165) is 32.9 Å². The number of rotatable bonds is 4. The molecule has 5 nitrogen and oxygen atoms in total. The minimum Gasteiger partial charge on any atom is -0.353 e. The van der Waals surface area contributed by atoms with Crippen LogP contribution in [0.2, 0.25) is 0 Å². The molecule has 1 amide bonds. The maximum absolute atomic E-state index is 11.9. The molecule has 4 rings (SSSR count). The second-order valence-electron chi connectivity index (χ2n) is 6.44. The normalized spacial score (nSPS) is 14.6. The van der Waals surface area contributed by atoms with Gasteiger partial charge in [0.2, 0.25) is 5.91 Å². The number of thiophene rings is 1. The maximum atomic E-state index is 11.9. The second-order valence-corrected chi connectivity index (χ2v) is 9.61. The molecule has 1 N–H and O–H groups in total. The molecule has 3 heterocycles. The molecular formula is C19H19BrN4OS2. The number of anilines is 1. The maximum Gasteiger partial charge on any atom is 0.239 e. The smallest absolute Gasteiger partial charge is 0.239 e. The van der Waals surface area contributed by atoms with Gasteiger partial charge in [-0.1, -0.05) is 15.9 Å². The van der Waals surface area contributed by atoms with Crippen molar-refractivity contribution in [2.45, 2.75) is 24.5 Å². The first-order valence-corrected chi connectivity index (χ1v) is 11.3. The van der Waals surface area contributed by atoms with Crippen molar-refractivity contribution in [1.82, 2.24) is 15.3 Å². The lowest BCUT2D eigenvalue weighted by Crippen LogP contribution is -2.48. The van der Waals surface area contributed by atoms with Gasteiger partial charge in [0.25, 0.3) is 0 Å². The third-order valence-corrected chi connectivity index (χ3v) is 7.21. The summed E-state index contributed by atoms with van der Waals surface area (Å²) < 4.78 is 1.07. The number of thioether (sulfide) groups is 1. The van der Waals surface area contributed by atoms with Gasteiger partial charge in [-0.2, -0.15) is 0 Å². The summed E-state index contributed by atoms with van der Waals surface area (Å²) in [7, 11) is 0. The first-order valence-electron chi connectivity index (χ1n) is 8.68. The zero-order chi connectivity index (χ0) is 19.0. The summed E-state index contributed by atoms with van der Waals surface area (Å²) >= 11 is 6.89. The van der Waals surface area contributed by atoms with Crippen LogP contribution in [0.1, 0.15) is 16.3 Å². The molecule has 0 aliphatic carbocycles. The number of hydrogen-bond donors (Lipinski definition) is 1. The zero-order valence-corrected chi connectivity index (χ0v) is 18.3. The van der Waals surface area contributed by atoms with Crippen LogP contribution in [-0.2, 0) is 10.5 Å².